The first-order valence-electron chi connectivity index (χ1n) is 11.1. The number of aromatic hydroxyl groups is 1. The summed E-state index contributed by atoms with van der Waals surface area (Å²) in [6.07, 6.45) is -0.161. The summed E-state index contributed by atoms with van der Waals surface area (Å²) < 4.78 is 12.0. The summed E-state index contributed by atoms with van der Waals surface area (Å²) in [6, 6.07) is 3.45. The van der Waals surface area contributed by atoms with Gasteiger partial charge in [0, 0.05) is 23.1 Å². The van der Waals surface area contributed by atoms with E-state index in [1.165, 1.54) is 42.0 Å². The van der Waals surface area contributed by atoms with E-state index in [1.807, 2.05) is 0 Å². The summed E-state index contributed by atoms with van der Waals surface area (Å²) in [6.45, 7) is 1.08. The van der Waals surface area contributed by atoms with Crippen LogP contribution in [0.2, 0.25) is 0 Å². The molecule has 0 radical (unpaired) electrons. The fourth-order valence-corrected chi connectivity index (χ4v) is 3.75. The second kappa shape index (κ2) is 11.9. The number of nitrogens with one attached hydrogen (secondary N) is 2. The van der Waals surface area contributed by atoms with Gasteiger partial charge >= 0.3 is 23.5 Å². The minimum atomic E-state index is -1.44. The van der Waals surface area contributed by atoms with Gasteiger partial charge in [0.05, 0.1) is 18.7 Å². The smallest absolute Gasteiger partial charge is 0.396 e. The van der Waals surface area contributed by atoms with Crippen LogP contribution < -0.4 is 16.6 Å². The molecule has 1 aliphatic rings. The van der Waals surface area contributed by atoms with Crippen molar-refractivity contribution in [1.29, 1.82) is 0 Å². The van der Waals surface area contributed by atoms with Crippen molar-refractivity contribution in [1.82, 2.24) is 14.9 Å². The lowest BCUT2D eigenvalue weighted by Crippen LogP contribution is -2.46. The summed E-state index contributed by atoms with van der Waals surface area (Å²) in [4.78, 5) is 64.5. The summed E-state index contributed by atoms with van der Waals surface area (Å²) >= 11 is 0. The van der Waals surface area contributed by atoms with E-state index in [0.717, 1.165) is 0 Å². The van der Waals surface area contributed by atoms with Crippen molar-refractivity contribution in [2.75, 3.05) is 6.61 Å². The number of esters is 1. The molecule has 1 fully saturated rings. The predicted molar refractivity (Wildman–Crippen MR) is 125 cm³/mol. The van der Waals surface area contributed by atoms with Gasteiger partial charge in [-0.2, -0.15) is 0 Å². The minimum Gasteiger partial charge on any atom is -0.508 e. The number of rotatable bonds is 9. The van der Waals surface area contributed by atoms with Gasteiger partial charge in [-0.15, -0.1) is 0 Å². The molecule has 1 aromatic carbocycles. The van der Waals surface area contributed by atoms with Crippen LogP contribution in [0.5, 0.6) is 5.75 Å². The fourth-order valence-electron chi connectivity index (χ4n) is 3.75. The Morgan fingerprint density at radius 1 is 1.32 bits per heavy atom. The molecule has 1 saturated heterocycles. The zero-order valence-electron chi connectivity index (χ0n) is 19.6. The molecule has 1 aliphatic heterocycles. The van der Waals surface area contributed by atoms with Gasteiger partial charge in [-0.3, -0.25) is 19.1 Å². The first kappa shape index (κ1) is 27.0. The number of azide groups is 1. The van der Waals surface area contributed by atoms with E-state index in [4.69, 9.17) is 15.0 Å². The van der Waals surface area contributed by atoms with Gasteiger partial charge < -0.3 is 25.0 Å². The van der Waals surface area contributed by atoms with Gasteiger partial charge in [0.2, 0.25) is 0 Å². The third-order valence-corrected chi connectivity index (χ3v) is 5.63. The van der Waals surface area contributed by atoms with Crippen molar-refractivity contribution < 1.29 is 34.1 Å². The molecule has 0 unspecified atom stereocenters. The molecule has 15 heteroatoms. The molecular formula is C22H24N6O9. The molecule has 1 aromatic heterocycles. The van der Waals surface area contributed by atoms with Gasteiger partial charge in [0.25, 0.3) is 5.56 Å². The molecular weight excluding hydrogens is 492 g/mol. The number of aliphatic carboxylic acids is 1. The van der Waals surface area contributed by atoms with Gasteiger partial charge in [0.1, 0.15) is 24.5 Å². The largest absolute Gasteiger partial charge is 0.508 e. The van der Waals surface area contributed by atoms with Crippen molar-refractivity contribution in [2.24, 2.45) is 5.11 Å². The molecule has 4 N–H and O–H groups in total. The van der Waals surface area contributed by atoms with Gasteiger partial charge in [-0.1, -0.05) is 17.2 Å². The van der Waals surface area contributed by atoms with Gasteiger partial charge in [-0.05, 0) is 36.6 Å². The summed E-state index contributed by atoms with van der Waals surface area (Å²) in [5.41, 5.74) is 8.50. The highest BCUT2D eigenvalue weighted by molar-refractivity contribution is 6.32. The van der Waals surface area contributed by atoms with Gasteiger partial charge in [-0.25, -0.2) is 14.4 Å². The number of carboxylic acid groups (broad SMARTS) is 1. The quantitative estimate of drug-likeness (QED) is 0.113. The first-order valence-corrected chi connectivity index (χ1v) is 11.1. The lowest BCUT2D eigenvalue weighted by molar-refractivity contribution is -0.159. The maximum absolute atomic E-state index is 12.2. The van der Waals surface area contributed by atoms with Crippen LogP contribution >= 0.6 is 0 Å². The van der Waals surface area contributed by atoms with Crippen LogP contribution in [0.15, 0.2) is 45.2 Å². The van der Waals surface area contributed by atoms with Crippen molar-refractivity contribution in [3.8, 4) is 5.75 Å². The Morgan fingerprint density at radius 3 is 2.68 bits per heavy atom. The third-order valence-electron chi connectivity index (χ3n) is 5.63. The fraction of sp³-hybridized carbons (Fsp3) is 0.409. The molecule has 3 rings (SSSR count). The number of ether oxygens (including phenoxy) is 2. The number of hydrogen-bond donors (Lipinski definition) is 4. The van der Waals surface area contributed by atoms with Crippen LogP contribution in [0.3, 0.4) is 0 Å². The van der Waals surface area contributed by atoms with E-state index in [2.05, 4.69) is 20.3 Å². The SMILES string of the molecule is Cc1cn(C[C@H]2C[C@H](N=[N+]=[N-])[C@@H](COC(=O)C(=O)N[C@@H](Cc3ccc(O)cc3)C(=O)O)O2)c(=O)[nH]c1=O. The summed E-state index contributed by atoms with van der Waals surface area (Å²) in [5, 5.41) is 24.4. The highest BCUT2D eigenvalue weighted by Gasteiger charge is 2.36. The van der Waals surface area contributed by atoms with Crippen LogP contribution in [0.1, 0.15) is 17.5 Å². The number of carbonyl (C=O) groups is 3. The maximum atomic E-state index is 12.2. The number of nitrogens with zero attached hydrogens (tertiary/aromatic N) is 4. The molecule has 4 atom stereocenters. The zero-order chi connectivity index (χ0) is 27.1. The van der Waals surface area contributed by atoms with Crippen molar-refractivity contribution >= 4 is 17.8 Å². The van der Waals surface area contributed by atoms with E-state index >= 15 is 0 Å². The standard InChI is InChI=1S/C22H24N6O9/c1-11-8-28(22(35)25-18(11)30)9-14-7-15(26-27-23)17(37-14)10-36-21(34)19(31)24-16(20(32)33)6-12-2-4-13(29)5-3-12/h2-5,8,14-17,29H,6-7,9-10H2,1H3,(H,24,31)(H,32,33)(H,25,30,35)/t14-,15+,16+,17-/m1/s1. The summed E-state index contributed by atoms with van der Waals surface area (Å²) in [7, 11) is 0. The number of aryl methyl sites for hydroxylation is 1. The second-order valence-electron chi connectivity index (χ2n) is 8.36. The van der Waals surface area contributed by atoms with Crippen LogP contribution in [0, 0.1) is 6.92 Å². The molecule has 0 aliphatic carbocycles. The topological polar surface area (TPSA) is 226 Å². The minimum absolute atomic E-state index is 0.0143. The Hall–Kier alpha value is -4.62. The van der Waals surface area contributed by atoms with E-state index < -0.39 is 60.0 Å². The van der Waals surface area contributed by atoms with Crippen LogP contribution in [-0.4, -0.2) is 68.5 Å². The summed E-state index contributed by atoms with van der Waals surface area (Å²) in [5.74, 6) is -4.06. The first-order chi connectivity index (χ1) is 17.6. The van der Waals surface area contributed by atoms with Gasteiger partial charge in [0.15, 0.2) is 0 Å². The number of phenols is 1. The Bertz CT molecular complexity index is 1330. The number of amides is 1. The maximum Gasteiger partial charge on any atom is 0.396 e. The second-order valence-corrected chi connectivity index (χ2v) is 8.36. The van der Waals surface area contributed by atoms with E-state index in [-0.39, 0.29) is 25.1 Å². The number of benzene rings is 1. The molecule has 15 nitrogen and oxygen atoms in total. The number of aromatic amines is 1. The normalized spacial score (nSPS) is 19.4. The lowest BCUT2D eigenvalue weighted by Gasteiger charge is -2.17. The molecule has 196 valence electrons. The zero-order valence-corrected chi connectivity index (χ0v) is 19.6. The molecule has 2 aromatic rings. The average molecular weight is 516 g/mol. The highest BCUT2D eigenvalue weighted by atomic mass is 16.6. The molecule has 2 heterocycles. The molecule has 0 spiro atoms. The number of aromatic nitrogens is 2. The monoisotopic (exact) mass is 516 g/mol. The number of hydrogen-bond acceptors (Lipinski definition) is 9. The van der Waals surface area contributed by atoms with E-state index in [1.54, 1.807) is 0 Å². The number of H-pyrrole nitrogens is 1. The van der Waals surface area contributed by atoms with E-state index in [0.29, 0.717) is 11.1 Å². The van der Waals surface area contributed by atoms with E-state index in [9.17, 15) is 34.2 Å². The molecule has 0 saturated carbocycles. The third kappa shape index (κ3) is 7.19. The van der Waals surface area contributed by atoms with Crippen molar-refractivity contribution in [3.63, 3.8) is 0 Å². The Kier molecular flexibility index (Phi) is 8.66. The Morgan fingerprint density at radius 2 is 2.03 bits per heavy atom. The van der Waals surface area contributed by atoms with Crippen LogP contribution in [0.4, 0.5) is 0 Å². The van der Waals surface area contributed by atoms with Crippen LogP contribution in [0.25, 0.3) is 10.4 Å². The Labute approximate surface area is 208 Å². The average Bonchev–Trinajstić information content (AvgIpc) is 3.23. The lowest BCUT2D eigenvalue weighted by atomic mass is 10.1. The van der Waals surface area contributed by atoms with Crippen molar-refractivity contribution in [2.45, 2.75) is 50.6 Å². The number of carbonyl (C=O) groups excluding carboxylic acids is 2. The highest BCUT2D eigenvalue weighted by Crippen LogP contribution is 2.25. The Balaban J connectivity index is 1.58. The molecule has 1 amide bonds. The molecule has 37 heavy (non-hydrogen) atoms. The van der Waals surface area contributed by atoms with Crippen LogP contribution in [-0.2, 0) is 36.8 Å². The van der Waals surface area contributed by atoms with Crippen molar-refractivity contribution in [3.05, 3.63) is 72.9 Å². The number of phenolic OH excluding ortho intramolecular Hbond substituents is 1. The number of carboxylic acids is 1. The predicted octanol–water partition coefficient (Wildman–Crippen LogP) is -0.258. The molecule has 0 bridgehead atoms.